The second-order valence-electron chi connectivity index (χ2n) is 4.38. The summed E-state index contributed by atoms with van der Waals surface area (Å²) in [5.74, 6) is -1.62. The quantitative estimate of drug-likeness (QED) is 0.692. The molecule has 0 spiro atoms. The van der Waals surface area contributed by atoms with Gasteiger partial charge >= 0.3 is 5.97 Å². The first kappa shape index (κ1) is 16.2. The van der Waals surface area contributed by atoms with Crippen molar-refractivity contribution in [3.8, 4) is 0 Å². The van der Waals surface area contributed by atoms with E-state index >= 15 is 0 Å². The molecule has 3 radical (unpaired) electrons. The van der Waals surface area contributed by atoms with Crippen molar-refractivity contribution in [2.24, 2.45) is 0 Å². The number of benzene rings is 2. The number of hydrogen-bond acceptors (Lipinski definition) is 2. The van der Waals surface area contributed by atoms with Crippen LogP contribution in [0.2, 0.25) is 0 Å². The lowest BCUT2D eigenvalue weighted by Crippen LogP contribution is -2.09. The molecule has 0 bridgehead atoms. The van der Waals surface area contributed by atoms with E-state index in [9.17, 15) is 9.59 Å². The Morgan fingerprint density at radius 2 is 1.55 bits per heavy atom. The first-order chi connectivity index (χ1) is 9.09. The Kier molecular flexibility index (Phi) is 5.69. The highest BCUT2D eigenvalue weighted by Crippen LogP contribution is 2.18. The van der Waals surface area contributed by atoms with Gasteiger partial charge in [0.1, 0.15) is 0 Å². The summed E-state index contributed by atoms with van der Waals surface area (Å²) < 4.78 is 0. The van der Waals surface area contributed by atoms with E-state index in [0.29, 0.717) is 16.7 Å². The van der Waals surface area contributed by atoms with E-state index < -0.39 is 11.9 Å². The Labute approximate surface area is 128 Å². The second kappa shape index (κ2) is 7.04. The van der Waals surface area contributed by atoms with Gasteiger partial charge in [0.2, 0.25) is 0 Å². The highest BCUT2D eigenvalue weighted by atomic mass is 27.0. The third-order valence-electron chi connectivity index (χ3n) is 3.06. The first-order valence-corrected chi connectivity index (χ1v) is 6.02. The Morgan fingerprint density at radius 3 is 2.15 bits per heavy atom. The van der Waals surface area contributed by atoms with Gasteiger partial charge in [0.25, 0.3) is 0 Å². The van der Waals surface area contributed by atoms with Crippen LogP contribution in [0.25, 0.3) is 0 Å². The number of ketones is 1. The van der Waals surface area contributed by atoms with Crippen LogP contribution in [0.1, 0.15) is 34.3 Å². The molecule has 0 aliphatic rings. The maximum Gasteiger partial charge on any atom is 0.310 e. The molecular weight excluding hydrogens is 267 g/mol. The summed E-state index contributed by atoms with van der Waals surface area (Å²) in [6.45, 7) is 1.61. The van der Waals surface area contributed by atoms with Crippen molar-refractivity contribution in [1.82, 2.24) is 0 Å². The predicted molar refractivity (Wildman–Crippen MR) is 78.1 cm³/mol. The fourth-order valence-corrected chi connectivity index (χ4v) is 1.85. The van der Waals surface area contributed by atoms with Crippen molar-refractivity contribution in [1.29, 1.82) is 0 Å². The normalized spacial score (nSPS) is 11.2. The van der Waals surface area contributed by atoms with Crippen LogP contribution < -0.4 is 0 Å². The van der Waals surface area contributed by atoms with Crippen molar-refractivity contribution in [3.63, 3.8) is 0 Å². The molecule has 2 aromatic rings. The van der Waals surface area contributed by atoms with Crippen molar-refractivity contribution in [3.05, 3.63) is 71.3 Å². The van der Waals surface area contributed by atoms with Gasteiger partial charge in [-0.25, -0.2) is 0 Å². The van der Waals surface area contributed by atoms with Crippen LogP contribution in [0, 0.1) is 0 Å². The number of carbonyl (C=O) groups excluding carboxylic acids is 1. The van der Waals surface area contributed by atoms with Gasteiger partial charge in [-0.15, -0.1) is 0 Å². The molecule has 0 heterocycles. The summed E-state index contributed by atoms with van der Waals surface area (Å²) in [5.41, 5.74) is 1.74. The molecule has 0 saturated carbocycles. The number of aliphatic carboxylic acids is 1. The Balaban J connectivity index is 0.00000200. The Hall–Kier alpha value is -1.89. The van der Waals surface area contributed by atoms with Crippen LogP contribution in [0.4, 0.5) is 0 Å². The zero-order valence-electron chi connectivity index (χ0n) is 11.1. The molecule has 20 heavy (non-hydrogen) atoms. The van der Waals surface area contributed by atoms with E-state index in [0.717, 1.165) is 0 Å². The molecule has 0 aliphatic heterocycles. The van der Waals surface area contributed by atoms with Crippen molar-refractivity contribution in [2.45, 2.75) is 12.8 Å². The van der Waals surface area contributed by atoms with Crippen molar-refractivity contribution in [2.75, 3.05) is 0 Å². The van der Waals surface area contributed by atoms with Crippen LogP contribution in [0.15, 0.2) is 54.6 Å². The highest BCUT2D eigenvalue weighted by molar-refractivity contribution is 6.09. The molecule has 1 N–H and O–H groups in total. The molecule has 0 fully saturated rings. The monoisotopic (exact) mass is 281 g/mol. The van der Waals surface area contributed by atoms with Gasteiger partial charge in [-0.3, -0.25) is 9.59 Å². The van der Waals surface area contributed by atoms with E-state index in [2.05, 4.69) is 0 Å². The molecule has 2 aromatic carbocycles. The van der Waals surface area contributed by atoms with Gasteiger partial charge in [0.05, 0.1) is 5.92 Å². The molecular formula is C16H14AlO3. The van der Waals surface area contributed by atoms with E-state index in [1.807, 2.05) is 6.07 Å². The molecule has 3 nitrogen and oxygen atoms in total. The third kappa shape index (κ3) is 3.57. The number of rotatable bonds is 4. The first-order valence-electron chi connectivity index (χ1n) is 6.02. The topological polar surface area (TPSA) is 54.4 Å². The molecule has 1 atom stereocenters. The SMILES string of the molecule is CC(C(=O)O)c1cccc(C(=O)c2ccccc2)c1.[Al]. The molecule has 1 unspecified atom stereocenters. The predicted octanol–water partition coefficient (Wildman–Crippen LogP) is 2.72. The molecule has 99 valence electrons. The largest absolute Gasteiger partial charge is 0.481 e. The summed E-state index contributed by atoms with van der Waals surface area (Å²) in [6, 6.07) is 15.7. The molecule has 0 saturated heterocycles. The molecule has 0 amide bonds. The number of carboxylic acids is 1. The van der Waals surface area contributed by atoms with E-state index in [1.165, 1.54) is 0 Å². The average Bonchev–Trinajstić information content (AvgIpc) is 2.46. The van der Waals surface area contributed by atoms with Crippen LogP contribution >= 0.6 is 0 Å². The fourth-order valence-electron chi connectivity index (χ4n) is 1.85. The van der Waals surface area contributed by atoms with E-state index in [4.69, 9.17) is 5.11 Å². The summed E-state index contributed by atoms with van der Waals surface area (Å²) in [4.78, 5) is 23.2. The minimum absolute atomic E-state index is 0. The van der Waals surface area contributed by atoms with Gasteiger partial charge in [-0.1, -0.05) is 48.5 Å². The lowest BCUT2D eigenvalue weighted by atomic mass is 9.96. The molecule has 2 rings (SSSR count). The molecule has 0 aromatic heterocycles. The summed E-state index contributed by atoms with van der Waals surface area (Å²) in [5, 5.41) is 9.00. The second-order valence-corrected chi connectivity index (χ2v) is 4.38. The fraction of sp³-hybridized carbons (Fsp3) is 0.125. The Bertz CT molecular complexity index is 608. The standard InChI is InChI=1S/C16H14O3.Al/c1-11(16(18)19)13-8-5-9-14(10-13)15(17)12-6-3-2-4-7-12;/h2-11H,1H3,(H,18,19);. The zero-order valence-corrected chi connectivity index (χ0v) is 12.3. The number of carbonyl (C=O) groups is 2. The number of carboxylic acid groups (broad SMARTS) is 1. The lowest BCUT2D eigenvalue weighted by Gasteiger charge is -2.08. The smallest absolute Gasteiger partial charge is 0.310 e. The van der Waals surface area contributed by atoms with Crippen LogP contribution in [-0.4, -0.2) is 34.2 Å². The maximum atomic E-state index is 12.2. The van der Waals surface area contributed by atoms with Crippen LogP contribution in [0.5, 0.6) is 0 Å². The Morgan fingerprint density at radius 1 is 0.950 bits per heavy atom. The van der Waals surface area contributed by atoms with E-state index in [1.54, 1.807) is 55.5 Å². The van der Waals surface area contributed by atoms with Crippen LogP contribution in [-0.2, 0) is 4.79 Å². The van der Waals surface area contributed by atoms with Crippen LogP contribution in [0.3, 0.4) is 0 Å². The highest BCUT2D eigenvalue weighted by Gasteiger charge is 2.16. The third-order valence-corrected chi connectivity index (χ3v) is 3.06. The minimum Gasteiger partial charge on any atom is -0.481 e. The number of hydrogen-bond donors (Lipinski definition) is 1. The van der Waals surface area contributed by atoms with Gasteiger partial charge in [0, 0.05) is 28.5 Å². The molecule has 0 aliphatic carbocycles. The maximum absolute atomic E-state index is 12.2. The average molecular weight is 281 g/mol. The van der Waals surface area contributed by atoms with Gasteiger partial charge in [-0.05, 0) is 18.6 Å². The van der Waals surface area contributed by atoms with Gasteiger partial charge in [-0.2, -0.15) is 0 Å². The van der Waals surface area contributed by atoms with E-state index in [-0.39, 0.29) is 23.1 Å². The van der Waals surface area contributed by atoms with Crippen molar-refractivity contribution >= 4 is 29.1 Å². The molecule has 4 heteroatoms. The van der Waals surface area contributed by atoms with Gasteiger partial charge in [0.15, 0.2) is 5.78 Å². The zero-order chi connectivity index (χ0) is 13.8. The minimum atomic E-state index is -0.899. The van der Waals surface area contributed by atoms with Crippen molar-refractivity contribution < 1.29 is 14.7 Å². The summed E-state index contributed by atoms with van der Waals surface area (Å²) in [6.07, 6.45) is 0. The summed E-state index contributed by atoms with van der Waals surface area (Å²) in [7, 11) is 0. The van der Waals surface area contributed by atoms with Gasteiger partial charge < -0.3 is 5.11 Å². The lowest BCUT2D eigenvalue weighted by molar-refractivity contribution is -0.138. The summed E-state index contributed by atoms with van der Waals surface area (Å²) >= 11 is 0.